The van der Waals surface area contributed by atoms with Gasteiger partial charge in [0.1, 0.15) is 12.2 Å². The molecule has 0 fully saturated rings. The topological polar surface area (TPSA) is 89.7 Å². The average Bonchev–Trinajstić information content (AvgIpc) is 3.06. The molecule has 0 aliphatic rings. The highest BCUT2D eigenvalue weighted by Gasteiger charge is 2.19. The van der Waals surface area contributed by atoms with Crippen LogP contribution in [0.3, 0.4) is 0 Å². The summed E-state index contributed by atoms with van der Waals surface area (Å²) in [4.78, 5) is 16.4. The quantitative estimate of drug-likeness (QED) is 0.863. The first-order valence-electron chi connectivity index (χ1n) is 8.52. The summed E-state index contributed by atoms with van der Waals surface area (Å²) in [6.45, 7) is 12.5. The fourth-order valence-corrected chi connectivity index (χ4v) is 2.85. The van der Waals surface area contributed by atoms with Gasteiger partial charge in [-0.2, -0.15) is 10.2 Å². The average molecular weight is 347 g/mol. The second kappa shape index (κ2) is 7.25. The minimum atomic E-state index is -0.213. The number of nitrogens with one attached hydrogen (secondary N) is 2. The molecule has 1 atom stereocenters. The normalized spacial score (nSPS) is 12.9. The van der Waals surface area contributed by atoms with Crippen LogP contribution in [0, 0.1) is 13.8 Å². The number of hydrogen-bond acceptors (Lipinski definition) is 4. The van der Waals surface area contributed by atoms with Crippen LogP contribution in [0.2, 0.25) is 0 Å². The predicted molar refractivity (Wildman–Crippen MR) is 96.2 cm³/mol. The van der Waals surface area contributed by atoms with E-state index >= 15 is 0 Å². The minimum Gasteiger partial charge on any atom is -0.335 e. The highest BCUT2D eigenvalue weighted by Crippen LogP contribution is 2.15. The van der Waals surface area contributed by atoms with Crippen LogP contribution in [0.25, 0.3) is 0 Å². The molecule has 2 N–H and O–H groups in total. The molecule has 138 valence electrons. The second-order valence-corrected chi connectivity index (χ2v) is 7.46. The van der Waals surface area contributed by atoms with Crippen molar-refractivity contribution in [2.24, 2.45) is 7.05 Å². The zero-order valence-corrected chi connectivity index (χ0v) is 16.2. The van der Waals surface area contributed by atoms with Crippen LogP contribution in [0.1, 0.15) is 50.5 Å². The molecule has 0 saturated carbocycles. The Morgan fingerprint density at radius 3 is 2.56 bits per heavy atom. The SMILES string of the molecule is Cc1nn(C)c(C)c1CC(C)NC(=O)NCc1ncnn1C(C)(C)C. The Labute approximate surface area is 149 Å². The highest BCUT2D eigenvalue weighted by molar-refractivity contribution is 5.74. The van der Waals surface area contributed by atoms with E-state index in [4.69, 9.17) is 0 Å². The van der Waals surface area contributed by atoms with Crippen molar-refractivity contribution in [3.8, 4) is 0 Å². The summed E-state index contributed by atoms with van der Waals surface area (Å²) in [7, 11) is 1.93. The lowest BCUT2D eigenvalue weighted by molar-refractivity contribution is 0.236. The van der Waals surface area contributed by atoms with E-state index in [9.17, 15) is 4.79 Å². The Bertz CT molecular complexity index is 739. The maximum atomic E-state index is 12.2. The van der Waals surface area contributed by atoms with E-state index in [1.807, 2.05) is 58.0 Å². The van der Waals surface area contributed by atoms with E-state index in [1.54, 1.807) is 0 Å². The fraction of sp³-hybridized carbons (Fsp3) is 0.647. The number of carbonyl (C=O) groups excluding carboxylic acids is 1. The van der Waals surface area contributed by atoms with Crippen molar-refractivity contribution in [1.29, 1.82) is 0 Å². The van der Waals surface area contributed by atoms with Crippen molar-refractivity contribution in [3.05, 3.63) is 29.1 Å². The van der Waals surface area contributed by atoms with E-state index in [2.05, 4.69) is 25.8 Å². The van der Waals surface area contributed by atoms with Crippen molar-refractivity contribution >= 4 is 6.03 Å². The lowest BCUT2D eigenvalue weighted by Crippen LogP contribution is -2.42. The molecule has 0 aromatic carbocycles. The zero-order chi connectivity index (χ0) is 18.8. The van der Waals surface area contributed by atoms with Gasteiger partial charge in [0.2, 0.25) is 0 Å². The van der Waals surface area contributed by atoms with Crippen LogP contribution < -0.4 is 10.6 Å². The van der Waals surface area contributed by atoms with E-state index in [1.165, 1.54) is 11.9 Å². The zero-order valence-electron chi connectivity index (χ0n) is 16.2. The smallest absolute Gasteiger partial charge is 0.315 e. The lowest BCUT2D eigenvalue weighted by Gasteiger charge is -2.21. The third-order valence-electron chi connectivity index (χ3n) is 4.21. The van der Waals surface area contributed by atoms with Crippen LogP contribution >= 0.6 is 0 Å². The predicted octanol–water partition coefficient (Wildman–Crippen LogP) is 1.81. The Balaban J connectivity index is 1.89. The van der Waals surface area contributed by atoms with Gasteiger partial charge in [-0.15, -0.1) is 0 Å². The number of amides is 2. The second-order valence-electron chi connectivity index (χ2n) is 7.46. The van der Waals surface area contributed by atoms with Crippen LogP contribution in [-0.2, 0) is 25.6 Å². The largest absolute Gasteiger partial charge is 0.335 e. The first-order valence-corrected chi connectivity index (χ1v) is 8.52. The van der Waals surface area contributed by atoms with Crippen molar-refractivity contribution in [3.63, 3.8) is 0 Å². The molecule has 25 heavy (non-hydrogen) atoms. The summed E-state index contributed by atoms with van der Waals surface area (Å²) in [6, 6.07) is -0.211. The van der Waals surface area contributed by atoms with Crippen LogP contribution in [0.15, 0.2) is 6.33 Å². The van der Waals surface area contributed by atoms with Gasteiger partial charge in [-0.05, 0) is 53.5 Å². The van der Waals surface area contributed by atoms with Crippen molar-refractivity contribution < 1.29 is 4.79 Å². The molecule has 0 aliphatic heterocycles. The molecule has 8 nitrogen and oxygen atoms in total. The number of aryl methyl sites for hydroxylation is 2. The highest BCUT2D eigenvalue weighted by atomic mass is 16.2. The summed E-state index contributed by atoms with van der Waals surface area (Å²) in [5.41, 5.74) is 3.15. The van der Waals surface area contributed by atoms with Crippen LogP contribution in [-0.4, -0.2) is 36.6 Å². The molecule has 1 unspecified atom stereocenters. The number of nitrogens with zero attached hydrogens (tertiary/aromatic N) is 5. The van der Waals surface area contributed by atoms with Crippen LogP contribution in [0.4, 0.5) is 4.79 Å². The summed E-state index contributed by atoms with van der Waals surface area (Å²) in [5, 5.41) is 14.5. The minimum absolute atomic E-state index is 0.00193. The Morgan fingerprint density at radius 2 is 2.00 bits per heavy atom. The first kappa shape index (κ1) is 19.0. The molecular weight excluding hydrogens is 318 g/mol. The Hall–Kier alpha value is -2.38. The summed E-state index contributed by atoms with van der Waals surface area (Å²) in [6.07, 6.45) is 2.26. The molecule has 0 bridgehead atoms. The van der Waals surface area contributed by atoms with E-state index < -0.39 is 0 Å². The maximum absolute atomic E-state index is 12.2. The lowest BCUT2D eigenvalue weighted by atomic mass is 10.1. The van der Waals surface area contributed by atoms with Gasteiger partial charge in [0.25, 0.3) is 0 Å². The van der Waals surface area contributed by atoms with Gasteiger partial charge in [0.15, 0.2) is 0 Å². The van der Waals surface area contributed by atoms with Gasteiger partial charge in [-0.25, -0.2) is 14.5 Å². The van der Waals surface area contributed by atoms with Gasteiger partial charge in [0, 0.05) is 18.8 Å². The summed E-state index contributed by atoms with van der Waals surface area (Å²) in [5.74, 6) is 0.731. The monoisotopic (exact) mass is 347 g/mol. The third-order valence-corrected chi connectivity index (χ3v) is 4.21. The van der Waals surface area contributed by atoms with Crippen molar-refractivity contribution in [2.45, 2.75) is 66.1 Å². The molecule has 0 radical (unpaired) electrons. The van der Waals surface area contributed by atoms with E-state index in [0.717, 1.165) is 23.6 Å². The number of hydrogen-bond donors (Lipinski definition) is 2. The third kappa shape index (κ3) is 4.58. The molecule has 0 spiro atoms. The van der Waals surface area contributed by atoms with Gasteiger partial charge in [-0.1, -0.05) is 0 Å². The summed E-state index contributed by atoms with van der Waals surface area (Å²) < 4.78 is 3.69. The number of rotatable bonds is 5. The van der Waals surface area contributed by atoms with Gasteiger partial charge >= 0.3 is 6.03 Å². The number of aromatic nitrogens is 5. The molecule has 2 amide bonds. The molecule has 2 heterocycles. The molecular formula is C17H29N7O. The van der Waals surface area contributed by atoms with Crippen LogP contribution in [0.5, 0.6) is 0 Å². The molecule has 2 aromatic heterocycles. The van der Waals surface area contributed by atoms with E-state index in [0.29, 0.717) is 6.54 Å². The van der Waals surface area contributed by atoms with Crippen molar-refractivity contribution in [1.82, 2.24) is 35.2 Å². The molecule has 8 heteroatoms. The molecule has 0 aliphatic carbocycles. The van der Waals surface area contributed by atoms with Crippen molar-refractivity contribution in [2.75, 3.05) is 0 Å². The summed E-state index contributed by atoms with van der Waals surface area (Å²) >= 11 is 0. The molecule has 2 rings (SSSR count). The molecule has 2 aromatic rings. The number of urea groups is 1. The Kier molecular flexibility index (Phi) is 5.49. The fourth-order valence-electron chi connectivity index (χ4n) is 2.85. The van der Waals surface area contributed by atoms with E-state index in [-0.39, 0.29) is 17.6 Å². The van der Waals surface area contributed by atoms with Gasteiger partial charge in [-0.3, -0.25) is 4.68 Å². The van der Waals surface area contributed by atoms with Gasteiger partial charge < -0.3 is 10.6 Å². The maximum Gasteiger partial charge on any atom is 0.315 e. The molecule has 0 saturated heterocycles. The van der Waals surface area contributed by atoms with Gasteiger partial charge in [0.05, 0.1) is 17.8 Å². The first-order chi connectivity index (χ1) is 11.6. The number of carbonyl (C=O) groups is 1. The Morgan fingerprint density at radius 1 is 1.32 bits per heavy atom. The standard InChI is InChI=1S/C17H29N7O/c1-11(8-14-12(2)22-23(7)13(14)3)21-16(25)18-9-15-19-10-20-24(15)17(4,5)6/h10-11H,8-9H2,1-7H3,(H2,18,21,25).